The molecule has 19 heavy (non-hydrogen) atoms. The number of rotatable bonds is 3. The summed E-state index contributed by atoms with van der Waals surface area (Å²) in [5.41, 5.74) is 2.32. The predicted octanol–water partition coefficient (Wildman–Crippen LogP) is 1.73. The summed E-state index contributed by atoms with van der Waals surface area (Å²) in [6.07, 6.45) is 3.63. The maximum absolute atomic E-state index is 12.2. The smallest absolute Gasteiger partial charge is 0.188 e. The summed E-state index contributed by atoms with van der Waals surface area (Å²) in [5, 5.41) is 5.45. The molecule has 1 aromatic carbocycles. The summed E-state index contributed by atoms with van der Waals surface area (Å²) in [6.45, 7) is 0. The number of aromatic nitrogens is 4. The van der Waals surface area contributed by atoms with E-state index < -0.39 is 0 Å². The van der Waals surface area contributed by atoms with Crippen LogP contribution in [0.4, 0.5) is 0 Å². The summed E-state index contributed by atoms with van der Waals surface area (Å²) >= 11 is 0. The third-order valence-electron chi connectivity index (χ3n) is 3.15. The summed E-state index contributed by atoms with van der Waals surface area (Å²) in [4.78, 5) is 16.2. The van der Waals surface area contributed by atoms with Crippen molar-refractivity contribution in [1.82, 2.24) is 19.3 Å². The van der Waals surface area contributed by atoms with Gasteiger partial charge in [0.15, 0.2) is 5.78 Å². The van der Waals surface area contributed by atoms with E-state index in [-0.39, 0.29) is 12.2 Å². The number of para-hydroxylation sites is 1. The van der Waals surface area contributed by atoms with Crippen LogP contribution in [-0.2, 0) is 20.5 Å². The molecule has 3 rings (SSSR count). The first kappa shape index (κ1) is 11.6. The molecule has 5 heteroatoms. The van der Waals surface area contributed by atoms with Crippen molar-refractivity contribution in [1.29, 1.82) is 0 Å². The van der Waals surface area contributed by atoms with Crippen LogP contribution in [0.2, 0.25) is 0 Å². The van der Waals surface area contributed by atoms with Crippen LogP contribution in [0.1, 0.15) is 16.2 Å². The lowest BCUT2D eigenvalue weighted by Crippen LogP contribution is -2.05. The van der Waals surface area contributed by atoms with Gasteiger partial charge in [-0.15, -0.1) is 0 Å². The van der Waals surface area contributed by atoms with E-state index in [9.17, 15) is 4.79 Å². The number of nitrogens with zero attached hydrogens (tertiary/aromatic N) is 4. The van der Waals surface area contributed by atoms with E-state index in [4.69, 9.17) is 0 Å². The molecule has 0 spiro atoms. The monoisotopic (exact) mass is 254 g/mol. The molecule has 0 aliphatic rings. The lowest BCUT2D eigenvalue weighted by molar-refractivity contribution is 0.0987. The minimum Gasteiger partial charge on any atom is -0.340 e. The second-order valence-electron chi connectivity index (χ2n) is 4.61. The highest BCUT2D eigenvalue weighted by atomic mass is 16.1. The molecule has 3 aromatic rings. The molecule has 5 nitrogen and oxygen atoms in total. The molecule has 0 aliphatic heterocycles. The maximum atomic E-state index is 12.2. The van der Waals surface area contributed by atoms with E-state index in [0.29, 0.717) is 5.69 Å². The van der Waals surface area contributed by atoms with Gasteiger partial charge in [-0.3, -0.25) is 9.48 Å². The predicted molar refractivity (Wildman–Crippen MR) is 72.0 cm³/mol. The molecule has 0 radical (unpaired) electrons. The Kier molecular flexibility index (Phi) is 2.67. The molecule has 0 saturated heterocycles. The van der Waals surface area contributed by atoms with Gasteiger partial charge in [-0.2, -0.15) is 5.10 Å². The SMILES string of the molecule is Cn1cnc(C(=O)Cc2nn(C)c3ccccc23)c1. The standard InChI is InChI=1S/C14H14N4O/c1-17-8-12(15-9-17)14(19)7-11-10-5-3-4-6-13(10)18(2)16-11/h3-6,8-9H,7H2,1-2H3. The molecule has 96 valence electrons. The molecule has 0 N–H and O–H groups in total. The highest BCUT2D eigenvalue weighted by Gasteiger charge is 2.15. The zero-order chi connectivity index (χ0) is 13.4. The molecule has 0 fully saturated rings. The highest BCUT2D eigenvalue weighted by molar-refractivity contribution is 5.97. The Labute approximate surface area is 110 Å². The first-order valence-electron chi connectivity index (χ1n) is 6.07. The first-order valence-corrected chi connectivity index (χ1v) is 6.07. The second kappa shape index (κ2) is 4.35. The van der Waals surface area contributed by atoms with Crippen molar-refractivity contribution in [2.75, 3.05) is 0 Å². The number of ketones is 1. The van der Waals surface area contributed by atoms with Gasteiger partial charge in [0, 0.05) is 25.7 Å². The van der Waals surface area contributed by atoms with Crippen LogP contribution in [0.15, 0.2) is 36.8 Å². The average Bonchev–Trinajstić information content (AvgIpc) is 2.96. The van der Waals surface area contributed by atoms with E-state index in [1.807, 2.05) is 38.4 Å². The number of hydrogen-bond donors (Lipinski definition) is 0. The molecule has 0 saturated carbocycles. The third kappa shape index (κ3) is 2.03. The topological polar surface area (TPSA) is 52.7 Å². The minimum absolute atomic E-state index is 0.00977. The fraction of sp³-hybridized carbons (Fsp3) is 0.214. The number of hydrogen-bond acceptors (Lipinski definition) is 3. The molecule has 0 bridgehead atoms. The van der Waals surface area contributed by atoms with Crippen LogP contribution < -0.4 is 0 Å². The Morgan fingerprint density at radius 2 is 2.05 bits per heavy atom. The van der Waals surface area contributed by atoms with Crippen LogP contribution in [0.25, 0.3) is 10.9 Å². The zero-order valence-electron chi connectivity index (χ0n) is 10.9. The Morgan fingerprint density at radius 1 is 1.26 bits per heavy atom. The van der Waals surface area contributed by atoms with Crippen molar-refractivity contribution < 1.29 is 4.79 Å². The van der Waals surface area contributed by atoms with Gasteiger partial charge in [0.1, 0.15) is 5.69 Å². The van der Waals surface area contributed by atoms with Gasteiger partial charge in [-0.05, 0) is 6.07 Å². The van der Waals surface area contributed by atoms with E-state index >= 15 is 0 Å². The number of carbonyl (C=O) groups is 1. The number of benzene rings is 1. The van der Waals surface area contributed by atoms with Crippen LogP contribution in [0.5, 0.6) is 0 Å². The Bertz CT molecular complexity index is 754. The largest absolute Gasteiger partial charge is 0.340 e. The van der Waals surface area contributed by atoms with Crippen molar-refractivity contribution in [3.63, 3.8) is 0 Å². The number of fused-ring (bicyclic) bond motifs is 1. The molecule has 0 aliphatic carbocycles. The van der Waals surface area contributed by atoms with Crippen molar-refractivity contribution in [3.05, 3.63) is 48.2 Å². The van der Waals surface area contributed by atoms with Gasteiger partial charge in [0.05, 0.1) is 24.0 Å². The van der Waals surface area contributed by atoms with Gasteiger partial charge in [-0.25, -0.2) is 4.98 Å². The lowest BCUT2D eigenvalue weighted by atomic mass is 10.1. The van der Waals surface area contributed by atoms with E-state index in [0.717, 1.165) is 16.6 Å². The van der Waals surface area contributed by atoms with Gasteiger partial charge in [0.2, 0.25) is 0 Å². The van der Waals surface area contributed by atoms with Crippen LogP contribution in [0, 0.1) is 0 Å². The van der Waals surface area contributed by atoms with Crippen molar-refractivity contribution in [3.8, 4) is 0 Å². The van der Waals surface area contributed by atoms with Crippen molar-refractivity contribution in [2.45, 2.75) is 6.42 Å². The van der Waals surface area contributed by atoms with Crippen molar-refractivity contribution >= 4 is 16.7 Å². The summed E-state index contributed by atoms with van der Waals surface area (Å²) in [5.74, 6) is -0.00977. The third-order valence-corrected chi connectivity index (χ3v) is 3.15. The van der Waals surface area contributed by atoms with Gasteiger partial charge in [-0.1, -0.05) is 18.2 Å². The average molecular weight is 254 g/mol. The number of Topliss-reactive ketones (excluding diaryl/α,β-unsaturated/α-hetero) is 1. The first-order chi connectivity index (χ1) is 9.15. The molecule has 0 atom stereocenters. The number of imidazole rings is 1. The highest BCUT2D eigenvalue weighted by Crippen LogP contribution is 2.18. The fourth-order valence-electron chi connectivity index (χ4n) is 2.22. The zero-order valence-corrected chi connectivity index (χ0v) is 10.9. The van der Waals surface area contributed by atoms with Gasteiger partial charge in [0.25, 0.3) is 0 Å². The van der Waals surface area contributed by atoms with Crippen LogP contribution in [0.3, 0.4) is 0 Å². The maximum Gasteiger partial charge on any atom is 0.188 e. The summed E-state index contributed by atoms with van der Waals surface area (Å²) in [6, 6.07) is 7.91. The Balaban J connectivity index is 1.95. The number of aryl methyl sites for hydroxylation is 2. The van der Waals surface area contributed by atoms with E-state index in [2.05, 4.69) is 10.1 Å². The quantitative estimate of drug-likeness (QED) is 0.669. The van der Waals surface area contributed by atoms with E-state index in [1.54, 1.807) is 21.8 Å². The summed E-state index contributed by atoms with van der Waals surface area (Å²) < 4.78 is 3.57. The molecule has 2 heterocycles. The molecule has 2 aromatic heterocycles. The minimum atomic E-state index is -0.00977. The fourth-order valence-corrected chi connectivity index (χ4v) is 2.22. The van der Waals surface area contributed by atoms with Crippen molar-refractivity contribution in [2.24, 2.45) is 14.1 Å². The molecule has 0 unspecified atom stereocenters. The number of carbonyl (C=O) groups excluding carboxylic acids is 1. The van der Waals surface area contributed by atoms with E-state index in [1.165, 1.54) is 0 Å². The van der Waals surface area contributed by atoms with Crippen LogP contribution in [-0.4, -0.2) is 25.1 Å². The Hall–Kier alpha value is -2.43. The molecule has 0 amide bonds. The Morgan fingerprint density at radius 3 is 2.79 bits per heavy atom. The summed E-state index contributed by atoms with van der Waals surface area (Å²) in [7, 11) is 3.73. The lowest BCUT2D eigenvalue weighted by Gasteiger charge is -1.95. The molecular formula is C14H14N4O. The normalized spacial score (nSPS) is 11.1. The van der Waals surface area contributed by atoms with Gasteiger partial charge < -0.3 is 4.57 Å². The second-order valence-corrected chi connectivity index (χ2v) is 4.61. The van der Waals surface area contributed by atoms with Crippen LogP contribution >= 0.6 is 0 Å². The molecular weight excluding hydrogens is 240 g/mol. The van der Waals surface area contributed by atoms with Gasteiger partial charge >= 0.3 is 0 Å².